The zero-order chi connectivity index (χ0) is 14.0. The molecule has 2 rings (SSSR count). The number of fused-ring (bicyclic) bond motifs is 1. The first-order valence-electron chi connectivity index (χ1n) is 7.18. The van der Waals surface area contributed by atoms with E-state index in [2.05, 4.69) is 5.92 Å². The van der Waals surface area contributed by atoms with Crippen LogP contribution in [0.3, 0.4) is 0 Å². The topological polar surface area (TPSA) is 40.6 Å². The van der Waals surface area contributed by atoms with Crippen molar-refractivity contribution in [1.82, 2.24) is 9.80 Å². The molecule has 0 N–H and O–H groups in total. The highest BCUT2D eigenvalue weighted by Crippen LogP contribution is 2.29. The van der Waals surface area contributed by atoms with Gasteiger partial charge >= 0.3 is 0 Å². The van der Waals surface area contributed by atoms with Crippen LogP contribution in [0.25, 0.3) is 0 Å². The Balaban J connectivity index is 2.28. The van der Waals surface area contributed by atoms with E-state index in [-0.39, 0.29) is 29.9 Å². The van der Waals surface area contributed by atoms with E-state index < -0.39 is 0 Å². The van der Waals surface area contributed by atoms with Crippen molar-refractivity contribution in [3.05, 3.63) is 0 Å². The maximum Gasteiger partial charge on any atom is 0.246 e. The van der Waals surface area contributed by atoms with Gasteiger partial charge < -0.3 is 9.80 Å². The van der Waals surface area contributed by atoms with Crippen molar-refractivity contribution in [2.24, 2.45) is 0 Å². The molecule has 2 aliphatic rings. The van der Waals surface area contributed by atoms with Crippen molar-refractivity contribution < 1.29 is 9.59 Å². The maximum absolute atomic E-state index is 12.7. The number of nitrogens with zero attached hydrogens (tertiary/aromatic N) is 2. The van der Waals surface area contributed by atoms with E-state index in [9.17, 15) is 9.59 Å². The molecule has 0 aromatic rings. The Kier molecular flexibility index (Phi) is 4.14. The SMILES string of the molecule is C#CCC(C)N1C(=O)C2CCCCN2C(=O)C1CC. The second-order valence-corrected chi connectivity index (χ2v) is 5.47. The van der Waals surface area contributed by atoms with Gasteiger partial charge in [0.05, 0.1) is 0 Å². The molecule has 0 aromatic heterocycles. The van der Waals surface area contributed by atoms with E-state index in [1.165, 1.54) is 0 Å². The molecule has 2 aliphatic heterocycles. The quantitative estimate of drug-likeness (QED) is 0.721. The van der Waals surface area contributed by atoms with Crippen LogP contribution in [0.4, 0.5) is 0 Å². The molecule has 0 radical (unpaired) electrons. The van der Waals surface area contributed by atoms with Gasteiger partial charge in [-0.2, -0.15) is 0 Å². The fraction of sp³-hybridized carbons (Fsp3) is 0.733. The molecule has 19 heavy (non-hydrogen) atoms. The molecule has 2 saturated heterocycles. The van der Waals surface area contributed by atoms with Crippen molar-refractivity contribution in [2.75, 3.05) is 6.54 Å². The highest BCUT2D eigenvalue weighted by Gasteiger charge is 2.46. The van der Waals surface area contributed by atoms with Crippen molar-refractivity contribution in [2.45, 2.75) is 64.1 Å². The molecule has 0 spiro atoms. The number of hydrogen-bond donors (Lipinski definition) is 0. The Morgan fingerprint density at radius 2 is 2.11 bits per heavy atom. The van der Waals surface area contributed by atoms with Crippen molar-refractivity contribution in [3.63, 3.8) is 0 Å². The van der Waals surface area contributed by atoms with Crippen LogP contribution in [0.15, 0.2) is 0 Å². The average Bonchev–Trinajstić information content (AvgIpc) is 2.42. The predicted molar refractivity (Wildman–Crippen MR) is 73.2 cm³/mol. The third kappa shape index (κ3) is 2.34. The van der Waals surface area contributed by atoms with Gasteiger partial charge in [0.15, 0.2) is 0 Å². The third-order valence-electron chi connectivity index (χ3n) is 4.22. The molecule has 4 nitrogen and oxygen atoms in total. The van der Waals surface area contributed by atoms with Gasteiger partial charge in [0, 0.05) is 19.0 Å². The first kappa shape index (κ1) is 13.9. The Hall–Kier alpha value is -1.50. The molecular weight excluding hydrogens is 240 g/mol. The standard InChI is InChI=1S/C15H22N2O2/c1-4-8-11(3)17-12(5-2)14(18)16-10-7-6-9-13(16)15(17)19/h1,11-13H,5-10H2,2-3H3. The summed E-state index contributed by atoms with van der Waals surface area (Å²) in [6.45, 7) is 4.62. The van der Waals surface area contributed by atoms with Crippen LogP contribution in [0.2, 0.25) is 0 Å². The van der Waals surface area contributed by atoms with Crippen LogP contribution in [-0.2, 0) is 9.59 Å². The smallest absolute Gasteiger partial charge is 0.246 e. The Morgan fingerprint density at radius 1 is 1.37 bits per heavy atom. The Morgan fingerprint density at radius 3 is 2.74 bits per heavy atom. The van der Waals surface area contributed by atoms with Gasteiger partial charge in [-0.1, -0.05) is 6.92 Å². The summed E-state index contributed by atoms with van der Waals surface area (Å²) in [5.74, 6) is 2.80. The van der Waals surface area contributed by atoms with E-state index in [1.54, 1.807) is 9.80 Å². The minimum Gasteiger partial charge on any atom is -0.329 e. The first-order chi connectivity index (χ1) is 9.11. The molecule has 104 valence electrons. The average molecular weight is 262 g/mol. The van der Waals surface area contributed by atoms with Gasteiger partial charge in [0.25, 0.3) is 0 Å². The lowest BCUT2D eigenvalue weighted by Crippen LogP contribution is -2.67. The van der Waals surface area contributed by atoms with Crippen molar-refractivity contribution >= 4 is 11.8 Å². The van der Waals surface area contributed by atoms with Gasteiger partial charge in [-0.3, -0.25) is 9.59 Å². The number of carbonyl (C=O) groups excluding carboxylic acids is 2. The van der Waals surface area contributed by atoms with Crippen molar-refractivity contribution in [1.29, 1.82) is 0 Å². The van der Waals surface area contributed by atoms with E-state index >= 15 is 0 Å². The lowest BCUT2D eigenvalue weighted by molar-refractivity contribution is -0.166. The predicted octanol–water partition coefficient (Wildman–Crippen LogP) is 1.40. The van der Waals surface area contributed by atoms with Crippen LogP contribution in [-0.4, -0.2) is 46.3 Å². The van der Waals surface area contributed by atoms with E-state index in [0.717, 1.165) is 25.8 Å². The summed E-state index contributed by atoms with van der Waals surface area (Å²) in [6, 6.07) is -0.634. The summed E-state index contributed by atoms with van der Waals surface area (Å²) >= 11 is 0. The molecule has 4 heteroatoms. The van der Waals surface area contributed by atoms with Gasteiger partial charge in [0.1, 0.15) is 12.1 Å². The minimum absolute atomic E-state index is 0.0597. The van der Waals surface area contributed by atoms with Crippen LogP contribution < -0.4 is 0 Å². The minimum atomic E-state index is -0.329. The summed E-state index contributed by atoms with van der Waals surface area (Å²) in [7, 11) is 0. The van der Waals surface area contributed by atoms with Gasteiger partial charge in [-0.25, -0.2) is 0 Å². The summed E-state index contributed by atoms with van der Waals surface area (Å²) in [5.41, 5.74) is 0. The molecule has 2 fully saturated rings. The molecule has 3 unspecified atom stereocenters. The zero-order valence-corrected chi connectivity index (χ0v) is 11.8. The molecule has 3 atom stereocenters. The largest absolute Gasteiger partial charge is 0.329 e. The van der Waals surface area contributed by atoms with E-state index in [1.807, 2.05) is 13.8 Å². The monoisotopic (exact) mass is 262 g/mol. The number of piperazine rings is 1. The number of rotatable bonds is 3. The van der Waals surface area contributed by atoms with Gasteiger partial charge in [0.2, 0.25) is 11.8 Å². The third-order valence-corrected chi connectivity index (χ3v) is 4.22. The molecule has 0 saturated carbocycles. The Labute approximate surface area is 115 Å². The lowest BCUT2D eigenvalue weighted by atomic mass is 9.93. The van der Waals surface area contributed by atoms with Crippen LogP contribution in [0.1, 0.15) is 46.0 Å². The zero-order valence-electron chi connectivity index (χ0n) is 11.8. The lowest BCUT2D eigenvalue weighted by Gasteiger charge is -2.48. The van der Waals surface area contributed by atoms with E-state index in [4.69, 9.17) is 6.42 Å². The molecule has 0 aromatic carbocycles. The number of hydrogen-bond acceptors (Lipinski definition) is 2. The molecule has 0 aliphatic carbocycles. The summed E-state index contributed by atoms with van der Waals surface area (Å²) in [5, 5.41) is 0. The van der Waals surface area contributed by atoms with Crippen LogP contribution in [0.5, 0.6) is 0 Å². The van der Waals surface area contributed by atoms with Gasteiger partial charge in [-0.05, 0) is 32.6 Å². The fourth-order valence-corrected chi connectivity index (χ4v) is 3.25. The second kappa shape index (κ2) is 5.64. The summed E-state index contributed by atoms with van der Waals surface area (Å²) < 4.78 is 0. The number of carbonyl (C=O) groups is 2. The highest BCUT2D eigenvalue weighted by molar-refractivity contribution is 5.97. The molecule has 0 bridgehead atoms. The highest BCUT2D eigenvalue weighted by atomic mass is 16.2. The number of terminal acetylenes is 1. The first-order valence-corrected chi connectivity index (χ1v) is 7.18. The molecule has 2 heterocycles. The number of amides is 2. The fourth-order valence-electron chi connectivity index (χ4n) is 3.25. The maximum atomic E-state index is 12.7. The second-order valence-electron chi connectivity index (χ2n) is 5.47. The summed E-state index contributed by atoms with van der Waals surface area (Å²) in [4.78, 5) is 28.7. The van der Waals surface area contributed by atoms with Crippen LogP contribution in [0, 0.1) is 12.3 Å². The van der Waals surface area contributed by atoms with Crippen molar-refractivity contribution in [3.8, 4) is 12.3 Å². The Bertz CT molecular complexity index is 413. The molecular formula is C15H22N2O2. The van der Waals surface area contributed by atoms with E-state index in [0.29, 0.717) is 12.8 Å². The van der Waals surface area contributed by atoms with Gasteiger partial charge in [-0.15, -0.1) is 12.3 Å². The summed E-state index contributed by atoms with van der Waals surface area (Å²) in [6.07, 6.45) is 9.33. The molecule has 2 amide bonds. The van der Waals surface area contributed by atoms with Crippen LogP contribution >= 0.6 is 0 Å². The normalized spacial score (nSPS) is 28.9. The number of piperidine rings is 1.